The Hall–Kier alpha value is -1.98. The molecule has 2 heterocycles. The molecule has 6 heteroatoms. The number of fused-ring (bicyclic) bond motifs is 1. The van der Waals surface area contributed by atoms with Crippen molar-refractivity contribution in [3.8, 4) is 0 Å². The van der Waals surface area contributed by atoms with E-state index in [1.54, 1.807) is 18.5 Å². The van der Waals surface area contributed by atoms with Gasteiger partial charge in [-0.2, -0.15) is 4.98 Å². The van der Waals surface area contributed by atoms with E-state index in [4.69, 9.17) is 0 Å². The zero-order valence-electron chi connectivity index (χ0n) is 9.21. The second-order valence-electron chi connectivity index (χ2n) is 3.58. The number of nitrogens with one attached hydrogen (secondary N) is 1. The topological polar surface area (TPSA) is 72.2 Å². The van der Waals surface area contributed by atoms with Gasteiger partial charge in [-0.15, -0.1) is 5.10 Å². The number of nitrogens with zero attached hydrogens (tertiary/aromatic N) is 4. The average molecular weight is 219 g/mol. The van der Waals surface area contributed by atoms with Crippen molar-refractivity contribution >= 4 is 11.7 Å². The van der Waals surface area contributed by atoms with Crippen LogP contribution in [0.3, 0.4) is 0 Å². The first-order chi connectivity index (χ1) is 7.70. The summed E-state index contributed by atoms with van der Waals surface area (Å²) in [5, 5.41) is 6.83. The lowest BCUT2D eigenvalue weighted by Gasteiger charge is -2.08. The second-order valence-corrected chi connectivity index (χ2v) is 3.58. The SMILES string of the molecule is CCC(C)NC(=O)c1nc2ncccn2n1. The summed E-state index contributed by atoms with van der Waals surface area (Å²) in [4.78, 5) is 19.7. The summed E-state index contributed by atoms with van der Waals surface area (Å²) in [7, 11) is 0. The van der Waals surface area contributed by atoms with Crippen LogP contribution >= 0.6 is 0 Å². The molecule has 16 heavy (non-hydrogen) atoms. The summed E-state index contributed by atoms with van der Waals surface area (Å²) in [5.74, 6) is 0.315. The Morgan fingerprint density at radius 2 is 2.44 bits per heavy atom. The van der Waals surface area contributed by atoms with Gasteiger partial charge >= 0.3 is 0 Å². The molecular weight excluding hydrogens is 206 g/mol. The van der Waals surface area contributed by atoms with Gasteiger partial charge in [0.2, 0.25) is 5.82 Å². The Kier molecular flexibility index (Phi) is 2.80. The van der Waals surface area contributed by atoms with Crippen LogP contribution in [-0.4, -0.2) is 31.5 Å². The van der Waals surface area contributed by atoms with Gasteiger partial charge in [-0.25, -0.2) is 9.50 Å². The Labute approximate surface area is 92.7 Å². The van der Waals surface area contributed by atoms with Crippen LogP contribution in [0.5, 0.6) is 0 Å². The third-order valence-electron chi connectivity index (χ3n) is 2.31. The molecule has 2 aromatic heterocycles. The van der Waals surface area contributed by atoms with Crippen LogP contribution in [0.1, 0.15) is 30.9 Å². The second kappa shape index (κ2) is 4.26. The fourth-order valence-electron chi connectivity index (χ4n) is 1.22. The maximum absolute atomic E-state index is 11.7. The van der Waals surface area contributed by atoms with E-state index in [0.717, 1.165) is 6.42 Å². The summed E-state index contributed by atoms with van der Waals surface area (Å²) in [6, 6.07) is 1.85. The number of carbonyl (C=O) groups is 1. The number of carbonyl (C=O) groups excluding carboxylic acids is 1. The number of aromatic nitrogens is 4. The van der Waals surface area contributed by atoms with Gasteiger partial charge in [0.15, 0.2) is 0 Å². The van der Waals surface area contributed by atoms with E-state index in [9.17, 15) is 4.79 Å². The monoisotopic (exact) mass is 219 g/mol. The number of hydrogen-bond donors (Lipinski definition) is 1. The van der Waals surface area contributed by atoms with Crippen molar-refractivity contribution in [2.24, 2.45) is 0 Å². The van der Waals surface area contributed by atoms with Crippen LogP contribution in [0.25, 0.3) is 5.78 Å². The number of amides is 1. The predicted molar refractivity (Wildman–Crippen MR) is 58.0 cm³/mol. The molecule has 1 amide bonds. The maximum atomic E-state index is 11.7. The van der Waals surface area contributed by atoms with E-state index in [1.165, 1.54) is 4.52 Å². The molecule has 0 spiro atoms. The minimum absolute atomic E-state index is 0.118. The lowest BCUT2D eigenvalue weighted by atomic mass is 10.2. The van der Waals surface area contributed by atoms with Crippen LogP contribution < -0.4 is 5.32 Å². The highest BCUT2D eigenvalue weighted by Gasteiger charge is 2.14. The molecule has 0 aliphatic rings. The van der Waals surface area contributed by atoms with Gasteiger partial charge in [0.05, 0.1) is 0 Å². The summed E-state index contributed by atoms with van der Waals surface area (Å²) >= 11 is 0. The summed E-state index contributed by atoms with van der Waals surface area (Å²) in [5.41, 5.74) is 0. The molecule has 2 rings (SSSR count). The molecule has 2 aromatic rings. The maximum Gasteiger partial charge on any atom is 0.291 e. The highest BCUT2D eigenvalue weighted by molar-refractivity contribution is 5.90. The van der Waals surface area contributed by atoms with E-state index in [-0.39, 0.29) is 17.8 Å². The zero-order chi connectivity index (χ0) is 11.5. The van der Waals surface area contributed by atoms with Crippen LogP contribution in [0.2, 0.25) is 0 Å². The Bertz CT molecular complexity index is 474. The molecule has 0 saturated carbocycles. The van der Waals surface area contributed by atoms with E-state index in [2.05, 4.69) is 20.4 Å². The van der Waals surface area contributed by atoms with E-state index < -0.39 is 0 Å². The molecule has 0 saturated heterocycles. The van der Waals surface area contributed by atoms with Crippen molar-refractivity contribution in [3.05, 3.63) is 24.3 Å². The molecule has 0 aliphatic carbocycles. The summed E-state index contributed by atoms with van der Waals surface area (Å²) in [6.07, 6.45) is 4.19. The first-order valence-corrected chi connectivity index (χ1v) is 5.19. The number of rotatable bonds is 3. The van der Waals surface area contributed by atoms with E-state index in [0.29, 0.717) is 5.78 Å². The molecule has 1 N–H and O–H groups in total. The third-order valence-corrected chi connectivity index (χ3v) is 2.31. The molecule has 1 atom stereocenters. The quantitative estimate of drug-likeness (QED) is 0.822. The fourth-order valence-corrected chi connectivity index (χ4v) is 1.22. The van der Waals surface area contributed by atoms with Crippen LogP contribution in [-0.2, 0) is 0 Å². The van der Waals surface area contributed by atoms with E-state index in [1.807, 2.05) is 13.8 Å². The van der Waals surface area contributed by atoms with Crippen molar-refractivity contribution in [2.75, 3.05) is 0 Å². The fraction of sp³-hybridized carbons (Fsp3) is 0.400. The molecular formula is C10H13N5O. The zero-order valence-corrected chi connectivity index (χ0v) is 9.21. The Balaban J connectivity index is 2.23. The van der Waals surface area contributed by atoms with Crippen LogP contribution in [0.4, 0.5) is 0 Å². The average Bonchev–Trinajstić information content (AvgIpc) is 2.72. The first kappa shape index (κ1) is 10.5. The smallest absolute Gasteiger partial charge is 0.291 e. The molecule has 1 unspecified atom stereocenters. The lowest BCUT2D eigenvalue weighted by Crippen LogP contribution is -2.32. The van der Waals surface area contributed by atoms with E-state index >= 15 is 0 Å². The van der Waals surface area contributed by atoms with Crippen LogP contribution in [0, 0.1) is 0 Å². The van der Waals surface area contributed by atoms with Crippen molar-refractivity contribution in [3.63, 3.8) is 0 Å². The van der Waals surface area contributed by atoms with Crippen molar-refractivity contribution in [1.29, 1.82) is 0 Å². The van der Waals surface area contributed by atoms with Gasteiger partial charge in [-0.05, 0) is 19.4 Å². The largest absolute Gasteiger partial charge is 0.347 e. The third kappa shape index (κ3) is 2.00. The molecule has 6 nitrogen and oxygen atoms in total. The lowest BCUT2D eigenvalue weighted by molar-refractivity contribution is 0.0929. The van der Waals surface area contributed by atoms with Gasteiger partial charge in [0.1, 0.15) is 0 Å². The summed E-state index contributed by atoms with van der Waals surface area (Å²) < 4.78 is 1.48. The van der Waals surface area contributed by atoms with Crippen molar-refractivity contribution in [2.45, 2.75) is 26.3 Å². The van der Waals surface area contributed by atoms with Crippen molar-refractivity contribution in [1.82, 2.24) is 24.9 Å². The molecule has 0 bridgehead atoms. The standard InChI is InChI=1S/C10H13N5O/c1-3-7(2)12-9(16)8-13-10-11-5-4-6-15(10)14-8/h4-7H,3H2,1-2H3,(H,12,16). The summed E-state index contributed by atoms with van der Waals surface area (Å²) in [6.45, 7) is 3.94. The molecule has 84 valence electrons. The minimum atomic E-state index is -0.264. The molecule has 0 aromatic carbocycles. The van der Waals surface area contributed by atoms with Gasteiger partial charge in [-0.3, -0.25) is 4.79 Å². The normalized spacial score (nSPS) is 12.6. The Morgan fingerprint density at radius 3 is 3.12 bits per heavy atom. The van der Waals surface area contributed by atoms with Gasteiger partial charge in [-0.1, -0.05) is 6.92 Å². The first-order valence-electron chi connectivity index (χ1n) is 5.19. The number of hydrogen-bond acceptors (Lipinski definition) is 4. The van der Waals surface area contributed by atoms with Crippen LogP contribution in [0.15, 0.2) is 18.5 Å². The van der Waals surface area contributed by atoms with Gasteiger partial charge < -0.3 is 5.32 Å². The highest BCUT2D eigenvalue weighted by Crippen LogP contribution is 1.98. The molecule has 0 radical (unpaired) electrons. The molecule has 0 fully saturated rings. The highest BCUT2D eigenvalue weighted by atomic mass is 16.2. The Morgan fingerprint density at radius 1 is 1.62 bits per heavy atom. The molecule has 0 aliphatic heterocycles. The van der Waals surface area contributed by atoms with Crippen molar-refractivity contribution < 1.29 is 4.79 Å². The predicted octanol–water partition coefficient (Wildman–Crippen LogP) is 0.653. The van der Waals surface area contributed by atoms with Gasteiger partial charge in [0.25, 0.3) is 11.7 Å². The minimum Gasteiger partial charge on any atom is -0.347 e. The van der Waals surface area contributed by atoms with Gasteiger partial charge in [0, 0.05) is 18.4 Å².